The normalized spacial score (nSPS) is 15.1. The van der Waals surface area contributed by atoms with Gasteiger partial charge in [-0.25, -0.2) is 14.8 Å². The Kier molecular flexibility index (Phi) is 9.75. The SMILES string of the molecule is Cc1cn(CCCCN2CCN(c3cc(C(F)(F)F)nc(C(C)(C)C)n3)CC2)c(=O)nc1N(C)C.Cl. The lowest BCUT2D eigenvalue weighted by atomic mass is 9.95. The number of anilines is 2. The van der Waals surface area contributed by atoms with E-state index in [2.05, 4.69) is 19.9 Å². The minimum Gasteiger partial charge on any atom is -0.362 e. The fourth-order valence-corrected chi connectivity index (χ4v) is 4.10. The third-order valence-electron chi connectivity index (χ3n) is 6.07. The summed E-state index contributed by atoms with van der Waals surface area (Å²) in [6, 6.07) is 1.06. The lowest BCUT2D eigenvalue weighted by Gasteiger charge is -2.36. The van der Waals surface area contributed by atoms with Crippen molar-refractivity contribution < 1.29 is 13.2 Å². The van der Waals surface area contributed by atoms with Crippen molar-refractivity contribution in [3.63, 3.8) is 0 Å². The van der Waals surface area contributed by atoms with Gasteiger partial charge in [0.15, 0.2) is 0 Å². The molecular weight excluding hydrogens is 495 g/mol. The molecule has 0 spiro atoms. The average molecular weight is 532 g/mol. The number of piperazine rings is 1. The van der Waals surface area contributed by atoms with Gasteiger partial charge in [0.1, 0.15) is 23.2 Å². The number of aromatic nitrogens is 4. The summed E-state index contributed by atoms with van der Waals surface area (Å²) in [5, 5.41) is 0. The van der Waals surface area contributed by atoms with Crippen molar-refractivity contribution in [2.75, 3.05) is 56.6 Å². The summed E-state index contributed by atoms with van der Waals surface area (Å²) in [5.74, 6) is 1.22. The summed E-state index contributed by atoms with van der Waals surface area (Å²) >= 11 is 0. The van der Waals surface area contributed by atoms with Gasteiger partial charge in [-0.15, -0.1) is 12.4 Å². The zero-order valence-electron chi connectivity index (χ0n) is 21.9. The Balaban J connectivity index is 0.00000456. The molecule has 8 nitrogen and oxygen atoms in total. The molecule has 3 rings (SSSR count). The van der Waals surface area contributed by atoms with Gasteiger partial charge >= 0.3 is 11.9 Å². The smallest absolute Gasteiger partial charge is 0.362 e. The van der Waals surface area contributed by atoms with Gasteiger partial charge in [0.05, 0.1) is 0 Å². The van der Waals surface area contributed by atoms with Gasteiger partial charge in [-0.1, -0.05) is 20.8 Å². The number of hydrogen-bond acceptors (Lipinski definition) is 7. The number of nitrogens with zero attached hydrogens (tertiary/aromatic N) is 7. The third-order valence-corrected chi connectivity index (χ3v) is 6.07. The lowest BCUT2D eigenvalue weighted by molar-refractivity contribution is -0.141. The highest BCUT2D eigenvalue weighted by atomic mass is 35.5. The van der Waals surface area contributed by atoms with Gasteiger partial charge in [0.25, 0.3) is 0 Å². The highest BCUT2D eigenvalue weighted by Crippen LogP contribution is 2.32. The van der Waals surface area contributed by atoms with Gasteiger partial charge in [-0.05, 0) is 26.3 Å². The number of hydrogen-bond donors (Lipinski definition) is 0. The molecule has 0 amide bonds. The highest BCUT2D eigenvalue weighted by Gasteiger charge is 2.36. The van der Waals surface area contributed by atoms with Crippen molar-refractivity contribution in [2.24, 2.45) is 0 Å². The first-order valence-corrected chi connectivity index (χ1v) is 11.9. The molecule has 1 aliphatic heterocycles. The van der Waals surface area contributed by atoms with Crippen LogP contribution >= 0.6 is 12.4 Å². The fourth-order valence-electron chi connectivity index (χ4n) is 4.10. The third kappa shape index (κ3) is 7.55. The van der Waals surface area contributed by atoms with E-state index in [0.29, 0.717) is 31.3 Å². The molecule has 3 heterocycles. The summed E-state index contributed by atoms with van der Waals surface area (Å²) in [7, 11) is 3.73. The number of unbranched alkanes of at least 4 members (excludes halogenated alkanes) is 1. The van der Waals surface area contributed by atoms with E-state index < -0.39 is 17.3 Å². The minimum atomic E-state index is -4.51. The van der Waals surface area contributed by atoms with Crippen LogP contribution in [0.4, 0.5) is 24.8 Å². The van der Waals surface area contributed by atoms with E-state index in [1.807, 2.05) is 57.8 Å². The Morgan fingerprint density at radius 3 is 2.14 bits per heavy atom. The van der Waals surface area contributed by atoms with Crippen molar-refractivity contribution in [2.45, 2.75) is 58.7 Å². The largest absolute Gasteiger partial charge is 0.433 e. The van der Waals surface area contributed by atoms with Crippen LogP contribution in [0.5, 0.6) is 0 Å². The van der Waals surface area contributed by atoms with Crippen LogP contribution in [0.3, 0.4) is 0 Å². The van der Waals surface area contributed by atoms with Crippen molar-refractivity contribution in [3.8, 4) is 0 Å². The number of aryl methyl sites for hydroxylation is 2. The van der Waals surface area contributed by atoms with E-state index >= 15 is 0 Å². The maximum absolute atomic E-state index is 13.4. The van der Waals surface area contributed by atoms with Crippen molar-refractivity contribution >= 4 is 24.0 Å². The molecule has 0 aliphatic carbocycles. The predicted octanol–water partition coefficient (Wildman–Crippen LogP) is 3.75. The van der Waals surface area contributed by atoms with Gasteiger partial charge in [-0.2, -0.15) is 18.2 Å². The lowest BCUT2D eigenvalue weighted by Crippen LogP contribution is -2.47. The molecule has 0 N–H and O–H groups in total. The van der Waals surface area contributed by atoms with E-state index in [0.717, 1.165) is 44.1 Å². The van der Waals surface area contributed by atoms with Gasteiger partial charge in [0.2, 0.25) is 0 Å². The molecule has 0 aromatic carbocycles. The summed E-state index contributed by atoms with van der Waals surface area (Å²) in [5.41, 5.74) is -0.765. The standard InChI is InChI=1S/C24H36F3N7O.ClH/c1-17-16-34(22(35)30-20(17)31(5)6)10-8-7-9-32-11-13-33(14-12-32)19-15-18(24(25,26)27)28-21(29-19)23(2,3)4;/h15-16H,7-14H2,1-6H3;1H. The Hall–Kier alpha value is -2.40. The number of rotatable bonds is 7. The second-order valence-corrected chi connectivity index (χ2v) is 10.3. The zero-order chi connectivity index (χ0) is 26.0. The Morgan fingerprint density at radius 1 is 0.972 bits per heavy atom. The Bertz CT molecular complexity index is 1040. The van der Waals surface area contributed by atoms with E-state index in [4.69, 9.17) is 0 Å². The van der Waals surface area contributed by atoms with Crippen molar-refractivity contribution in [3.05, 3.63) is 39.8 Å². The molecule has 1 fully saturated rings. The molecule has 1 saturated heterocycles. The van der Waals surface area contributed by atoms with Gasteiger partial charge in [-0.3, -0.25) is 9.47 Å². The van der Waals surface area contributed by atoms with Crippen LogP contribution in [0.2, 0.25) is 0 Å². The van der Waals surface area contributed by atoms with Crippen molar-refractivity contribution in [1.82, 2.24) is 24.4 Å². The average Bonchev–Trinajstić information content (AvgIpc) is 2.77. The minimum absolute atomic E-state index is 0. The fraction of sp³-hybridized carbons (Fsp3) is 0.667. The van der Waals surface area contributed by atoms with E-state index in [1.165, 1.54) is 0 Å². The number of alkyl halides is 3. The zero-order valence-corrected chi connectivity index (χ0v) is 22.7. The van der Waals surface area contributed by atoms with Crippen LogP contribution in [0, 0.1) is 6.92 Å². The summed E-state index contributed by atoms with van der Waals surface area (Å²) in [6.07, 6.45) is -0.895. The van der Waals surface area contributed by atoms with Gasteiger partial charge in [0, 0.05) is 70.1 Å². The molecule has 12 heteroatoms. The molecule has 2 aromatic rings. The molecule has 0 unspecified atom stereocenters. The predicted molar refractivity (Wildman–Crippen MR) is 138 cm³/mol. The van der Waals surface area contributed by atoms with Crippen LogP contribution in [0.25, 0.3) is 0 Å². The Labute approximate surface area is 217 Å². The Morgan fingerprint density at radius 2 is 1.58 bits per heavy atom. The monoisotopic (exact) mass is 531 g/mol. The quantitative estimate of drug-likeness (QED) is 0.504. The first-order chi connectivity index (χ1) is 16.3. The second-order valence-electron chi connectivity index (χ2n) is 10.3. The van der Waals surface area contributed by atoms with E-state index in [1.54, 1.807) is 4.57 Å². The van der Waals surface area contributed by atoms with E-state index in [-0.39, 0.29) is 23.9 Å². The molecule has 0 radical (unpaired) electrons. The van der Waals surface area contributed by atoms with Gasteiger partial charge < -0.3 is 9.80 Å². The summed E-state index contributed by atoms with van der Waals surface area (Å²) < 4.78 is 41.9. The maximum atomic E-state index is 13.4. The first-order valence-electron chi connectivity index (χ1n) is 11.9. The molecule has 0 atom stereocenters. The topological polar surface area (TPSA) is 70.4 Å². The molecule has 0 bridgehead atoms. The molecular formula is C24H37ClF3N7O. The van der Waals surface area contributed by atoms with Crippen LogP contribution in [0.15, 0.2) is 17.1 Å². The first kappa shape index (κ1) is 29.8. The molecule has 2 aromatic heterocycles. The number of halogens is 4. The molecule has 202 valence electrons. The second kappa shape index (κ2) is 11.8. The highest BCUT2D eigenvalue weighted by molar-refractivity contribution is 5.85. The molecule has 0 saturated carbocycles. The molecule has 1 aliphatic rings. The van der Waals surface area contributed by atoms with Crippen LogP contribution in [-0.2, 0) is 18.1 Å². The van der Waals surface area contributed by atoms with E-state index in [9.17, 15) is 18.0 Å². The van der Waals surface area contributed by atoms with Crippen LogP contribution in [0.1, 0.15) is 50.7 Å². The summed E-state index contributed by atoms with van der Waals surface area (Å²) in [6.45, 7) is 11.6. The maximum Gasteiger partial charge on any atom is 0.433 e. The van der Waals surface area contributed by atoms with Crippen LogP contribution in [-0.4, -0.2) is 71.2 Å². The van der Waals surface area contributed by atoms with Crippen LogP contribution < -0.4 is 15.5 Å². The summed E-state index contributed by atoms with van der Waals surface area (Å²) in [4.78, 5) is 30.7. The molecule has 36 heavy (non-hydrogen) atoms. The van der Waals surface area contributed by atoms with Crippen molar-refractivity contribution in [1.29, 1.82) is 0 Å².